The van der Waals surface area contributed by atoms with Gasteiger partial charge in [0.05, 0.1) is 38.1 Å². The molecule has 8 nitrogen and oxygen atoms in total. The van der Waals surface area contributed by atoms with Crippen LogP contribution in [0.4, 0.5) is 0 Å². The maximum absolute atomic E-state index is 12.6. The highest BCUT2D eigenvalue weighted by Crippen LogP contribution is 2.33. The third-order valence-corrected chi connectivity index (χ3v) is 8.16. The van der Waals surface area contributed by atoms with Crippen molar-refractivity contribution in [3.8, 4) is 0 Å². The van der Waals surface area contributed by atoms with Crippen molar-refractivity contribution in [3.05, 3.63) is 0 Å². The van der Waals surface area contributed by atoms with Gasteiger partial charge < -0.3 is 23.7 Å². The normalized spacial score (nSPS) is 14.2. The Balaban J connectivity index is 4.20. The Morgan fingerprint density at radius 1 is 0.850 bits per heavy atom. The summed E-state index contributed by atoms with van der Waals surface area (Å²) in [6.07, 6.45) is 13.0. The molecule has 0 aliphatic carbocycles. The zero-order valence-electron chi connectivity index (χ0n) is 26.1. The molecule has 0 rings (SSSR count). The van der Waals surface area contributed by atoms with Crippen molar-refractivity contribution < 1.29 is 38.1 Å². The molecule has 40 heavy (non-hydrogen) atoms. The first-order valence-corrected chi connectivity index (χ1v) is 16.3. The first-order chi connectivity index (χ1) is 19.1. The summed E-state index contributed by atoms with van der Waals surface area (Å²) >= 11 is 1.75. The van der Waals surface area contributed by atoms with Gasteiger partial charge in [0.15, 0.2) is 0 Å². The molecule has 0 N–H and O–H groups in total. The molecule has 0 aliphatic heterocycles. The summed E-state index contributed by atoms with van der Waals surface area (Å²) in [4.78, 5) is 47.7. The summed E-state index contributed by atoms with van der Waals surface area (Å²) in [6, 6.07) is 0. The highest BCUT2D eigenvalue weighted by molar-refractivity contribution is 7.99. The Labute approximate surface area is 247 Å². The van der Waals surface area contributed by atoms with Crippen LogP contribution >= 0.6 is 11.8 Å². The van der Waals surface area contributed by atoms with Gasteiger partial charge in [0.1, 0.15) is 18.5 Å². The average Bonchev–Trinajstić information content (AvgIpc) is 2.91. The van der Waals surface area contributed by atoms with Crippen LogP contribution in [0.5, 0.6) is 0 Å². The highest BCUT2D eigenvalue weighted by atomic mass is 32.2. The molecular formula is C31H56O8S. The van der Waals surface area contributed by atoms with Crippen LogP contribution in [0.2, 0.25) is 0 Å². The van der Waals surface area contributed by atoms with Gasteiger partial charge in [-0.25, -0.2) is 0 Å². The number of thioether (sulfide) groups is 1. The standard InChI is InChI=1S/C31H56O8S/c1-7-8-9-10-11-12-13-14-15-16-21-40-24-31(5,30(35)36-6)22-25(2)29(34)38-20-19-37-23-27(4)39-28(33)18-17-26(3)32/h25,27H,7-24H2,1-6H3. The van der Waals surface area contributed by atoms with E-state index in [0.29, 0.717) is 12.2 Å². The third-order valence-electron chi connectivity index (χ3n) is 6.74. The predicted molar refractivity (Wildman–Crippen MR) is 160 cm³/mol. The minimum absolute atomic E-state index is 0.0531. The Kier molecular flexibility index (Phi) is 23.1. The number of unbranched alkanes of at least 4 members (excludes halogenated alkanes) is 9. The molecule has 0 spiro atoms. The summed E-state index contributed by atoms with van der Waals surface area (Å²) < 4.78 is 21.0. The van der Waals surface area contributed by atoms with E-state index in [-0.39, 0.29) is 50.4 Å². The average molecular weight is 589 g/mol. The lowest BCUT2D eigenvalue weighted by atomic mass is 9.83. The SMILES string of the molecule is CCCCCCCCCCCCSCC(C)(CC(C)C(=O)OCCOCC(C)OC(=O)CCC(C)=O)C(=O)OC. The van der Waals surface area contributed by atoms with Gasteiger partial charge in [-0.3, -0.25) is 14.4 Å². The maximum Gasteiger partial charge on any atom is 0.312 e. The number of hydrogen-bond acceptors (Lipinski definition) is 9. The molecular weight excluding hydrogens is 532 g/mol. The van der Waals surface area contributed by atoms with Crippen molar-refractivity contribution >= 4 is 35.5 Å². The van der Waals surface area contributed by atoms with E-state index in [1.165, 1.54) is 71.8 Å². The molecule has 0 amide bonds. The zero-order chi connectivity index (χ0) is 30.2. The fourth-order valence-electron chi connectivity index (χ4n) is 4.38. The van der Waals surface area contributed by atoms with E-state index in [4.69, 9.17) is 18.9 Å². The van der Waals surface area contributed by atoms with Crippen LogP contribution < -0.4 is 0 Å². The highest BCUT2D eigenvalue weighted by Gasteiger charge is 2.38. The molecule has 0 aromatic carbocycles. The quantitative estimate of drug-likeness (QED) is 0.0619. The van der Waals surface area contributed by atoms with E-state index in [0.717, 1.165) is 12.2 Å². The van der Waals surface area contributed by atoms with Crippen molar-refractivity contribution in [2.75, 3.05) is 38.4 Å². The van der Waals surface area contributed by atoms with Gasteiger partial charge in [0.2, 0.25) is 0 Å². The molecule has 234 valence electrons. The van der Waals surface area contributed by atoms with E-state index < -0.39 is 23.4 Å². The molecule has 0 aromatic heterocycles. The maximum atomic E-state index is 12.6. The molecule has 0 radical (unpaired) electrons. The van der Waals surface area contributed by atoms with Crippen molar-refractivity contribution in [1.82, 2.24) is 0 Å². The van der Waals surface area contributed by atoms with Crippen LogP contribution in [0.3, 0.4) is 0 Å². The number of Topliss-reactive ketones (excluding diaryl/α,β-unsaturated/α-hetero) is 1. The Hall–Kier alpha value is -1.61. The third kappa shape index (κ3) is 20.3. The number of rotatable bonds is 26. The van der Waals surface area contributed by atoms with Gasteiger partial charge in [-0.05, 0) is 39.4 Å². The molecule has 0 fully saturated rings. The Morgan fingerprint density at radius 2 is 1.45 bits per heavy atom. The molecule has 3 unspecified atom stereocenters. The van der Waals surface area contributed by atoms with Crippen LogP contribution in [0.25, 0.3) is 0 Å². The Morgan fingerprint density at radius 3 is 2.02 bits per heavy atom. The summed E-state index contributed by atoms with van der Waals surface area (Å²) in [5.74, 6) is -0.0816. The topological polar surface area (TPSA) is 105 Å². The predicted octanol–water partition coefficient (Wildman–Crippen LogP) is 6.71. The van der Waals surface area contributed by atoms with Gasteiger partial charge >= 0.3 is 17.9 Å². The summed E-state index contributed by atoms with van der Waals surface area (Å²) in [7, 11) is 1.38. The van der Waals surface area contributed by atoms with Gasteiger partial charge in [0, 0.05) is 12.2 Å². The second-order valence-corrected chi connectivity index (χ2v) is 12.2. The van der Waals surface area contributed by atoms with Crippen molar-refractivity contribution in [2.45, 2.75) is 124 Å². The number of carbonyl (C=O) groups excluding carboxylic acids is 4. The first kappa shape index (κ1) is 38.4. The van der Waals surface area contributed by atoms with Crippen LogP contribution in [0.15, 0.2) is 0 Å². The molecule has 0 saturated heterocycles. The molecule has 3 atom stereocenters. The summed E-state index contributed by atoms with van der Waals surface area (Å²) in [6.45, 7) is 9.38. The Bertz CT molecular complexity index is 713. The molecule has 0 heterocycles. The lowest BCUT2D eigenvalue weighted by Gasteiger charge is -2.28. The molecule has 9 heteroatoms. The number of carbonyl (C=O) groups is 4. The molecule has 0 aliphatic rings. The number of methoxy groups -OCH3 is 1. The number of ketones is 1. The van der Waals surface area contributed by atoms with E-state index in [1.807, 2.05) is 6.92 Å². The number of hydrogen-bond donors (Lipinski definition) is 0. The van der Waals surface area contributed by atoms with E-state index >= 15 is 0 Å². The lowest BCUT2D eigenvalue weighted by molar-refractivity contribution is -0.156. The smallest absolute Gasteiger partial charge is 0.312 e. The molecule has 0 bridgehead atoms. The van der Waals surface area contributed by atoms with Gasteiger partial charge in [-0.1, -0.05) is 71.6 Å². The van der Waals surface area contributed by atoms with E-state index in [9.17, 15) is 19.2 Å². The summed E-state index contributed by atoms with van der Waals surface area (Å²) in [5.41, 5.74) is -0.769. The fraction of sp³-hybridized carbons (Fsp3) is 0.871. The van der Waals surface area contributed by atoms with Crippen LogP contribution in [0, 0.1) is 11.3 Å². The van der Waals surface area contributed by atoms with Crippen molar-refractivity contribution in [2.24, 2.45) is 11.3 Å². The minimum Gasteiger partial charge on any atom is -0.469 e. The lowest BCUT2D eigenvalue weighted by Crippen LogP contribution is -2.36. The second kappa shape index (κ2) is 24.0. The van der Waals surface area contributed by atoms with Gasteiger partial charge in [0.25, 0.3) is 0 Å². The minimum atomic E-state index is -0.769. The molecule has 0 saturated carbocycles. The largest absolute Gasteiger partial charge is 0.469 e. The molecule has 0 aromatic rings. The monoisotopic (exact) mass is 588 g/mol. The number of ether oxygens (including phenoxy) is 4. The second-order valence-electron chi connectivity index (χ2n) is 11.1. The van der Waals surface area contributed by atoms with Crippen LogP contribution in [0.1, 0.15) is 118 Å². The first-order valence-electron chi connectivity index (χ1n) is 15.1. The van der Waals surface area contributed by atoms with E-state index in [1.54, 1.807) is 25.6 Å². The number of esters is 3. The van der Waals surface area contributed by atoms with E-state index in [2.05, 4.69) is 6.92 Å². The zero-order valence-corrected chi connectivity index (χ0v) is 26.9. The van der Waals surface area contributed by atoms with Crippen LogP contribution in [-0.4, -0.2) is 68.2 Å². The fourth-order valence-corrected chi connectivity index (χ4v) is 5.62. The van der Waals surface area contributed by atoms with Crippen molar-refractivity contribution in [1.29, 1.82) is 0 Å². The van der Waals surface area contributed by atoms with Gasteiger partial charge in [-0.15, -0.1) is 0 Å². The summed E-state index contributed by atoms with van der Waals surface area (Å²) in [5, 5.41) is 0. The van der Waals surface area contributed by atoms with Crippen molar-refractivity contribution in [3.63, 3.8) is 0 Å². The van der Waals surface area contributed by atoms with Gasteiger partial charge in [-0.2, -0.15) is 11.8 Å². The van der Waals surface area contributed by atoms with Crippen LogP contribution in [-0.2, 0) is 38.1 Å².